The number of rotatable bonds is 6. The van der Waals surface area contributed by atoms with Crippen LogP contribution in [0.3, 0.4) is 0 Å². The van der Waals surface area contributed by atoms with Crippen molar-refractivity contribution in [1.29, 1.82) is 0 Å². The maximum Gasteiger partial charge on any atom is 0.326 e. The van der Waals surface area contributed by atoms with Gasteiger partial charge in [0.2, 0.25) is 11.8 Å². The molecule has 7 nitrogen and oxygen atoms in total. The van der Waals surface area contributed by atoms with Crippen LogP contribution in [0.15, 0.2) is 0 Å². The molecule has 0 aromatic heterocycles. The van der Waals surface area contributed by atoms with Crippen LogP contribution in [0.25, 0.3) is 0 Å². The first-order valence-electron chi connectivity index (χ1n) is 4.85. The molecule has 0 aliphatic carbocycles. The average Bonchev–Trinajstić information content (AvgIpc) is 2.13. The topological polar surface area (TPSA) is 136 Å². The van der Waals surface area contributed by atoms with E-state index in [9.17, 15) is 14.4 Å². The van der Waals surface area contributed by atoms with Crippen molar-refractivity contribution in [1.82, 2.24) is 5.32 Å². The van der Waals surface area contributed by atoms with Crippen LogP contribution in [0.2, 0.25) is 0 Å². The lowest BCUT2D eigenvalue weighted by Crippen LogP contribution is -2.55. The Morgan fingerprint density at radius 1 is 1.41 bits per heavy atom. The van der Waals surface area contributed by atoms with E-state index in [0.29, 0.717) is 0 Å². The summed E-state index contributed by atoms with van der Waals surface area (Å²) in [4.78, 5) is 33.0. The summed E-state index contributed by atoms with van der Waals surface area (Å²) in [5.41, 5.74) is 10.4. The van der Waals surface area contributed by atoms with Gasteiger partial charge < -0.3 is 21.9 Å². The van der Waals surface area contributed by atoms with Crippen molar-refractivity contribution in [3.8, 4) is 0 Å². The first kappa shape index (κ1) is 15.7. The molecule has 0 aliphatic rings. The average molecular weight is 263 g/mol. The second-order valence-electron chi connectivity index (χ2n) is 4.20. The molecule has 98 valence electrons. The number of nitrogens with one attached hydrogen (secondary N) is 1. The Morgan fingerprint density at radius 3 is 2.18 bits per heavy atom. The largest absolute Gasteiger partial charge is 0.480 e. The Bertz CT molecular complexity index is 327. The van der Waals surface area contributed by atoms with Crippen molar-refractivity contribution in [3.63, 3.8) is 0 Å². The van der Waals surface area contributed by atoms with Crippen LogP contribution in [0.5, 0.6) is 0 Å². The van der Waals surface area contributed by atoms with Gasteiger partial charge in [-0.05, 0) is 13.8 Å². The Balaban J connectivity index is 4.62. The fourth-order valence-corrected chi connectivity index (χ4v) is 1.10. The minimum Gasteiger partial charge on any atom is -0.480 e. The molecule has 0 spiro atoms. The monoisotopic (exact) mass is 263 g/mol. The number of carbonyl (C=O) groups is 3. The van der Waals surface area contributed by atoms with Crippen molar-refractivity contribution in [2.24, 2.45) is 11.5 Å². The van der Waals surface area contributed by atoms with Crippen molar-refractivity contribution in [3.05, 3.63) is 0 Å². The van der Waals surface area contributed by atoms with Gasteiger partial charge in [0, 0.05) is 4.75 Å². The van der Waals surface area contributed by atoms with Gasteiger partial charge in [-0.3, -0.25) is 9.59 Å². The number of amides is 2. The van der Waals surface area contributed by atoms with E-state index in [2.05, 4.69) is 17.9 Å². The molecule has 0 radical (unpaired) electrons. The third-order valence-electron chi connectivity index (χ3n) is 2.06. The molecule has 0 rings (SSSR count). The van der Waals surface area contributed by atoms with Gasteiger partial charge in [0.05, 0.1) is 12.5 Å². The Labute approximate surface area is 104 Å². The van der Waals surface area contributed by atoms with E-state index in [1.165, 1.54) is 0 Å². The summed E-state index contributed by atoms with van der Waals surface area (Å²) in [6, 6.07) is -2.37. The fraction of sp³-hybridized carbons (Fsp3) is 0.667. The molecule has 17 heavy (non-hydrogen) atoms. The van der Waals surface area contributed by atoms with E-state index in [1.54, 1.807) is 13.8 Å². The van der Waals surface area contributed by atoms with Crippen molar-refractivity contribution in [2.75, 3.05) is 0 Å². The molecule has 0 aromatic carbocycles. The number of hydrogen-bond acceptors (Lipinski definition) is 5. The van der Waals surface area contributed by atoms with Crippen molar-refractivity contribution in [2.45, 2.75) is 37.1 Å². The van der Waals surface area contributed by atoms with Gasteiger partial charge in [0.15, 0.2) is 0 Å². The molecule has 0 unspecified atom stereocenters. The molecular weight excluding hydrogens is 246 g/mol. The van der Waals surface area contributed by atoms with E-state index < -0.39 is 41.0 Å². The lowest BCUT2D eigenvalue weighted by molar-refractivity contribution is -0.143. The summed E-state index contributed by atoms with van der Waals surface area (Å²) in [6.07, 6.45) is -0.485. The van der Waals surface area contributed by atoms with Crippen molar-refractivity contribution < 1.29 is 19.5 Å². The zero-order valence-electron chi connectivity index (χ0n) is 9.64. The second-order valence-corrected chi connectivity index (χ2v) is 5.35. The highest BCUT2D eigenvalue weighted by atomic mass is 32.1. The predicted octanol–water partition coefficient (Wildman–Crippen LogP) is -1.53. The van der Waals surface area contributed by atoms with Gasteiger partial charge in [-0.1, -0.05) is 0 Å². The first-order valence-corrected chi connectivity index (χ1v) is 5.30. The normalized spacial score (nSPS) is 14.8. The number of primary amides is 1. The molecule has 0 aliphatic heterocycles. The Morgan fingerprint density at radius 2 is 1.88 bits per heavy atom. The van der Waals surface area contributed by atoms with E-state index >= 15 is 0 Å². The van der Waals surface area contributed by atoms with Gasteiger partial charge in [-0.2, -0.15) is 12.6 Å². The Kier molecular flexibility index (Phi) is 5.43. The van der Waals surface area contributed by atoms with Gasteiger partial charge in [0.25, 0.3) is 0 Å². The zero-order valence-corrected chi connectivity index (χ0v) is 10.5. The second kappa shape index (κ2) is 5.87. The van der Waals surface area contributed by atoms with Gasteiger partial charge in [-0.15, -0.1) is 0 Å². The number of carboxylic acids is 1. The summed E-state index contributed by atoms with van der Waals surface area (Å²) < 4.78 is -0.806. The van der Waals surface area contributed by atoms with Crippen LogP contribution in [0.4, 0.5) is 0 Å². The molecule has 0 bridgehead atoms. The van der Waals surface area contributed by atoms with Crippen LogP contribution in [0.1, 0.15) is 20.3 Å². The van der Waals surface area contributed by atoms with Crippen LogP contribution < -0.4 is 16.8 Å². The first-order chi connectivity index (χ1) is 7.55. The summed E-state index contributed by atoms with van der Waals surface area (Å²) in [7, 11) is 0. The van der Waals surface area contributed by atoms with Gasteiger partial charge >= 0.3 is 5.97 Å². The highest BCUT2D eigenvalue weighted by Gasteiger charge is 2.31. The standard InChI is InChI=1S/C9H17N3O4S/c1-9(2,17)6(11)7(14)12-4(8(15)16)3-5(10)13/h4,6,17H,3,11H2,1-2H3,(H2,10,13)(H,12,14)(H,15,16)/t4-,6+/m0/s1. The maximum atomic E-state index is 11.6. The molecule has 0 heterocycles. The number of nitrogens with two attached hydrogens (primary N) is 2. The summed E-state index contributed by atoms with van der Waals surface area (Å²) in [6.45, 7) is 3.23. The van der Waals surface area contributed by atoms with Crippen LogP contribution >= 0.6 is 12.6 Å². The molecular formula is C9H17N3O4S. The quantitative estimate of drug-likeness (QED) is 0.370. The molecule has 0 saturated heterocycles. The number of aliphatic carboxylic acids is 1. The number of carboxylic acid groups (broad SMARTS) is 1. The minimum absolute atomic E-state index is 0.485. The highest BCUT2D eigenvalue weighted by molar-refractivity contribution is 7.81. The minimum atomic E-state index is -1.37. The van der Waals surface area contributed by atoms with E-state index in [0.717, 1.165) is 0 Å². The molecule has 2 atom stereocenters. The molecule has 0 aromatic rings. The lowest BCUT2D eigenvalue weighted by Gasteiger charge is -2.26. The number of carbonyl (C=O) groups excluding carboxylic acids is 2. The van der Waals surface area contributed by atoms with E-state index in [1.807, 2.05) is 0 Å². The third kappa shape index (κ3) is 5.55. The fourth-order valence-electron chi connectivity index (χ4n) is 0.984. The van der Waals surface area contributed by atoms with Crippen LogP contribution in [-0.4, -0.2) is 39.7 Å². The maximum absolute atomic E-state index is 11.6. The zero-order chi connectivity index (χ0) is 13.8. The van der Waals surface area contributed by atoms with Crippen LogP contribution in [-0.2, 0) is 14.4 Å². The summed E-state index contributed by atoms with van der Waals surface area (Å²) >= 11 is 4.11. The SMILES string of the molecule is CC(C)(S)[C@H](N)C(=O)N[C@@H](CC(N)=O)C(=O)O. The van der Waals surface area contributed by atoms with E-state index in [4.69, 9.17) is 16.6 Å². The Hall–Kier alpha value is -1.28. The highest BCUT2D eigenvalue weighted by Crippen LogP contribution is 2.15. The third-order valence-corrected chi connectivity index (χ3v) is 2.34. The van der Waals surface area contributed by atoms with E-state index in [-0.39, 0.29) is 0 Å². The van der Waals surface area contributed by atoms with Crippen LogP contribution in [0, 0.1) is 0 Å². The molecule has 8 heteroatoms. The van der Waals surface area contributed by atoms with Crippen molar-refractivity contribution >= 4 is 30.4 Å². The lowest BCUT2D eigenvalue weighted by atomic mass is 10.0. The predicted molar refractivity (Wildman–Crippen MR) is 64.4 cm³/mol. The van der Waals surface area contributed by atoms with Gasteiger partial charge in [-0.25, -0.2) is 4.79 Å². The number of hydrogen-bond donors (Lipinski definition) is 5. The summed E-state index contributed by atoms with van der Waals surface area (Å²) in [5, 5.41) is 10.9. The van der Waals surface area contributed by atoms with Gasteiger partial charge in [0.1, 0.15) is 6.04 Å². The summed E-state index contributed by atoms with van der Waals surface area (Å²) in [5.74, 6) is -2.86. The molecule has 6 N–H and O–H groups in total. The molecule has 0 fully saturated rings. The molecule has 2 amide bonds. The smallest absolute Gasteiger partial charge is 0.326 e. The molecule has 0 saturated carbocycles. The number of thiol groups is 1.